The van der Waals surface area contributed by atoms with E-state index in [1.165, 1.54) is 5.56 Å². The number of ether oxygens (including phenoxy) is 1. The molecule has 0 aliphatic rings. The molecule has 3 aromatic rings. The predicted octanol–water partition coefficient (Wildman–Crippen LogP) is 4.03. The van der Waals surface area contributed by atoms with Crippen molar-refractivity contribution in [1.82, 2.24) is 9.97 Å². The van der Waals surface area contributed by atoms with Gasteiger partial charge in [0.2, 0.25) is 5.95 Å². The van der Waals surface area contributed by atoms with Gasteiger partial charge in [0.25, 0.3) is 0 Å². The zero-order chi connectivity index (χ0) is 18.4. The summed E-state index contributed by atoms with van der Waals surface area (Å²) in [6.45, 7) is 2.11. The Morgan fingerprint density at radius 2 is 1.69 bits per heavy atom. The fourth-order valence-corrected chi connectivity index (χ4v) is 2.94. The van der Waals surface area contributed by atoms with E-state index in [-0.39, 0.29) is 12.0 Å². The van der Waals surface area contributed by atoms with Crippen molar-refractivity contribution in [2.24, 2.45) is 0 Å². The van der Waals surface area contributed by atoms with Crippen LogP contribution in [0, 0.1) is 0 Å². The third-order valence-electron chi connectivity index (χ3n) is 4.39. The van der Waals surface area contributed by atoms with Crippen molar-refractivity contribution in [3.63, 3.8) is 0 Å². The number of rotatable bonds is 7. The zero-order valence-corrected chi connectivity index (χ0v) is 15.1. The Labute approximate surface area is 154 Å². The number of benzene rings is 2. The third-order valence-corrected chi connectivity index (χ3v) is 4.39. The van der Waals surface area contributed by atoms with Gasteiger partial charge in [0.15, 0.2) is 0 Å². The van der Waals surface area contributed by atoms with E-state index in [2.05, 4.69) is 40.4 Å². The van der Waals surface area contributed by atoms with Gasteiger partial charge in [-0.15, -0.1) is 0 Å². The largest absolute Gasteiger partial charge is 0.496 e. The summed E-state index contributed by atoms with van der Waals surface area (Å²) in [5.41, 5.74) is 9.20. The van der Waals surface area contributed by atoms with Crippen molar-refractivity contribution in [3.05, 3.63) is 77.5 Å². The molecule has 3 N–H and O–H groups in total. The molecule has 0 saturated heterocycles. The monoisotopic (exact) mass is 348 g/mol. The summed E-state index contributed by atoms with van der Waals surface area (Å²) in [7, 11) is 1.69. The molecule has 1 unspecified atom stereocenters. The Kier molecular flexibility index (Phi) is 5.69. The summed E-state index contributed by atoms with van der Waals surface area (Å²) in [5.74, 6) is 1.95. The summed E-state index contributed by atoms with van der Waals surface area (Å²) in [6.07, 6.45) is 3.44. The molecule has 0 spiro atoms. The fourth-order valence-electron chi connectivity index (χ4n) is 2.94. The fraction of sp³-hybridized carbons (Fsp3) is 0.238. The van der Waals surface area contributed by atoms with E-state index < -0.39 is 0 Å². The molecule has 1 aromatic heterocycles. The number of nitrogen functional groups attached to an aromatic ring is 1. The topological polar surface area (TPSA) is 73.1 Å². The van der Waals surface area contributed by atoms with E-state index in [1.54, 1.807) is 13.3 Å². The highest BCUT2D eigenvalue weighted by molar-refractivity contribution is 5.48. The highest BCUT2D eigenvalue weighted by atomic mass is 16.5. The van der Waals surface area contributed by atoms with Crippen LogP contribution in [0.15, 0.2) is 60.8 Å². The summed E-state index contributed by atoms with van der Waals surface area (Å²) in [4.78, 5) is 8.59. The van der Waals surface area contributed by atoms with Crippen LogP contribution < -0.4 is 15.8 Å². The first-order chi connectivity index (χ1) is 12.7. The van der Waals surface area contributed by atoms with Crippen LogP contribution in [0.2, 0.25) is 0 Å². The molecule has 0 amide bonds. The average molecular weight is 348 g/mol. The molecule has 0 radical (unpaired) electrons. The zero-order valence-electron chi connectivity index (χ0n) is 15.1. The molecule has 5 nitrogen and oxygen atoms in total. The van der Waals surface area contributed by atoms with Crippen LogP contribution in [0.1, 0.15) is 29.7 Å². The van der Waals surface area contributed by atoms with E-state index in [9.17, 15) is 0 Å². The summed E-state index contributed by atoms with van der Waals surface area (Å²) < 4.78 is 5.44. The molecule has 0 saturated carbocycles. The van der Waals surface area contributed by atoms with Gasteiger partial charge in [0.05, 0.1) is 7.11 Å². The Balaban J connectivity index is 1.77. The van der Waals surface area contributed by atoms with Gasteiger partial charge in [-0.2, -0.15) is 4.98 Å². The van der Waals surface area contributed by atoms with E-state index in [0.717, 1.165) is 35.5 Å². The SMILES string of the molecule is COc1ccccc1CCc1cnc(N)nc1NC(C)c1ccccc1. The first kappa shape index (κ1) is 17.7. The summed E-state index contributed by atoms with van der Waals surface area (Å²) in [6, 6.07) is 18.4. The predicted molar refractivity (Wildman–Crippen MR) is 105 cm³/mol. The Bertz CT molecular complexity index is 852. The highest BCUT2D eigenvalue weighted by Gasteiger charge is 2.12. The molecule has 26 heavy (non-hydrogen) atoms. The average Bonchev–Trinajstić information content (AvgIpc) is 2.68. The molecule has 2 aromatic carbocycles. The standard InChI is InChI=1S/C21H24N4O/c1-15(16-8-4-3-5-9-16)24-20-18(14-23-21(22)25-20)13-12-17-10-6-7-11-19(17)26-2/h3-11,14-15H,12-13H2,1-2H3,(H3,22,23,24,25). The number of methoxy groups -OCH3 is 1. The van der Waals surface area contributed by atoms with Crippen molar-refractivity contribution in [2.75, 3.05) is 18.2 Å². The smallest absolute Gasteiger partial charge is 0.221 e. The maximum Gasteiger partial charge on any atom is 0.221 e. The molecule has 0 aliphatic heterocycles. The lowest BCUT2D eigenvalue weighted by Gasteiger charge is -2.18. The van der Waals surface area contributed by atoms with Crippen LogP contribution in [0.5, 0.6) is 5.75 Å². The molecule has 0 fully saturated rings. The molecule has 3 rings (SSSR count). The van der Waals surface area contributed by atoms with Crippen molar-refractivity contribution in [2.45, 2.75) is 25.8 Å². The van der Waals surface area contributed by atoms with Gasteiger partial charge < -0.3 is 15.8 Å². The van der Waals surface area contributed by atoms with Gasteiger partial charge in [0, 0.05) is 17.8 Å². The third kappa shape index (κ3) is 4.30. The van der Waals surface area contributed by atoms with Crippen molar-refractivity contribution in [3.8, 4) is 5.75 Å². The van der Waals surface area contributed by atoms with Crippen LogP contribution >= 0.6 is 0 Å². The minimum absolute atomic E-state index is 0.121. The molecule has 0 bridgehead atoms. The van der Waals surface area contributed by atoms with Crippen molar-refractivity contribution >= 4 is 11.8 Å². The van der Waals surface area contributed by atoms with E-state index in [0.29, 0.717) is 0 Å². The van der Waals surface area contributed by atoms with Crippen LogP contribution in [0.25, 0.3) is 0 Å². The lowest BCUT2D eigenvalue weighted by Crippen LogP contribution is -2.12. The van der Waals surface area contributed by atoms with Crippen LogP contribution in [0.3, 0.4) is 0 Å². The van der Waals surface area contributed by atoms with E-state index in [4.69, 9.17) is 10.5 Å². The Hall–Kier alpha value is -3.08. The van der Waals surface area contributed by atoms with Gasteiger partial charge >= 0.3 is 0 Å². The number of para-hydroxylation sites is 1. The number of hydrogen-bond donors (Lipinski definition) is 2. The van der Waals surface area contributed by atoms with Crippen molar-refractivity contribution < 1.29 is 4.74 Å². The number of nitrogens with two attached hydrogens (primary N) is 1. The summed E-state index contributed by atoms with van der Waals surface area (Å²) >= 11 is 0. The van der Waals surface area contributed by atoms with Crippen LogP contribution in [-0.4, -0.2) is 17.1 Å². The molecule has 1 atom stereocenters. The van der Waals surface area contributed by atoms with E-state index >= 15 is 0 Å². The lowest BCUT2D eigenvalue weighted by atomic mass is 10.0. The molecular weight excluding hydrogens is 324 g/mol. The van der Waals surface area contributed by atoms with Gasteiger partial charge in [0.1, 0.15) is 11.6 Å². The number of hydrogen-bond acceptors (Lipinski definition) is 5. The molecule has 134 valence electrons. The normalized spacial score (nSPS) is 11.8. The second kappa shape index (κ2) is 8.34. The lowest BCUT2D eigenvalue weighted by molar-refractivity contribution is 0.409. The van der Waals surface area contributed by atoms with Crippen molar-refractivity contribution in [1.29, 1.82) is 0 Å². The first-order valence-electron chi connectivity index (χ1n) is 8.72. The molecular formula is C21H24N4O. The summed E-state index contributed by atoms with van der Waals surface area (Å²) in [5, 5.41) is 3.47. The Morgan fingerprint density at radius 1 is 1.00 bits per heavy atom. The van der Waals surface area contributed by atoms with Gasteiger partial charge in [-0.25, -0.2) is 4.98 Å². The quantitative estimate of drug-likeness (QED) is 0.674. The van der Waals surface area contributed by atoms with E-state index in [1.807, 2.05) is 36.4 Å². The van der Waals surface area contributed by atoms with Gasteiger partial charge in [-0.05, 0) is 37.0 Å². The Morgan fingerprint density at radius 3 is 2.46 bits per heavy atom. The second-order valence-electron chi connectivity index (χ2n) is 6.19. The second-order valence-corrected chi connectivity index (χ2v) is 6.19. The van der Waals surface area contributed by atoms with Crippen LogP contribution in [-0.2, 0) is 12.8 Å². The number of nitrogens with one attached hydrogen (secondary N) is 1. The number of aryl methyl sites for hydroxylation is 2. The first-order valence-corrected chi connectivity index (χ1v) is 8.72. The number of nitrogens with zero attached hydrogens (tertiary/aromatic N) is 2. The number of aromatic nitrogens is 2. The maximum absolute atomic E-state index is 5.81. The minimum atomic E-state index is 0.121. The van der Waals surface area contributed by atoms with Crippen LogP contribution in [0.4, 0.5) is 11.8 Å². The highest BCUT2D eigenvalue weighted by Crippen LogP contribution is 2.24. The molecule has 5 heteroatoms. The van der Waals surface area contributed by atoms with Gasteiger partial charge in [-0.1, -0.05) is 48.5 Å². The van der Waals surface area contributed by atoms with Gasteiger partial charge in [-0.3, -0.25) is 0 Å². The molecule has 1 heterocycles. The minimum Gasteiger partial charge on any atom is -0.496 e. The molecule has 0 aliphatic carbocycles. The maximum atomic E-state index is 5.81. The number of anilines is 2.